The van der Waals surface area contributed by atoms with Gasteiger partial charge in [0.15, 0.2) is 0 Å². The van der Waals surface area contributed by atoms with Crippen LogP contribution in [0.1, 0.15) is 5.56 Å². The zero-order chi connectivity index (χ0) is 14.7. The van der Waals surface area contributed by atoms with Gasteiger partial charge in [0, 0.05) is 36.7 Å². The summed E-state index contributed by atoms with van der Waals surface area (Å²) in [5, 5.41) is 3.19. The van der Waals surface area contributed by atoms with Crippen molar-refractivity contribution in [1.82, 2.24) is 0 Å². The molecule has 0 heterocycles. The molecule has 0 aliphatic heterocycles. The average molecular weight is 289 g/mol. The second kappa shape index (κ2) is 5.88. The van der Waals surface area contributed by atoms with Crippen molar-refractivity contribution in [2.75, 3.05) is 24.3 Å². The molecule has 0 radical (unpaired) electrons. The van der Waals surface area contributed by atoms with E-state index in [0.717, 1.165) is 11.4 Å². The van der Waals surface area contributed by atoms with Gasteiger partial charge in [-0.3, -0.25) is 0 Å². The van der Waals surface area contributed by atoms with E-state index in [1.807, 2.05) is 43.3 Å². The molecule has 20 heavy (non-hydrogen) atoms. The first kappa shape index (κ1) is 14.3. The van der Waals surface area contributed by atoms with Gasteiger partial charge in [-0.15, -0.1) is 0 Å². The number of hydrogen-bond donors (Lipinski definition) is 2. The van der Waals surface area contributed by atoms with Crippen molar-refractivity contribution in [2.24, 2.45) is 5.73 Å². The maximum atomic E-state index is 13.2. The summed E-state index contributed by atoms with van der Waals surface area (Å²) < 4.78 is 13.2. The summed E-state index contributed by atoms with van der Waals surface area (Å²) in [6.07, 6.45) is 0. The van der Waals surface area contributed by atoms with Crippen LogP contribution in [0.5, 0.6) is 0 Å². The van der Waals surface area contributed by atoms with Crippen LogP contribution < -0.4 is 16.0 Å². The number of halogens is 1. The van der Waals surface area contributed by atoms with Crippen LogP contribution in [0.2, 0.25) is 0 Å². The fraction of sp³-hybridized carbons (Fsp3) is 0.133. The van der Waals surface area contributed by atoms with E-state index in [9.17, 15) is 4.39 Å². The third-order valence-electron chi connectivity index (χ3n) is 2.91. The van der Waals surface area contributed by atoms with Crippen LogP contribution in [0.3, 0.4) is 0 Å². The molecule has 0 atom stereocenters. The number of benzene rings is 2. The zero-order valence-electron chi connectivity index (χ0n) is 11.4. The predicted molar refractivity (Wildman–Crippen MR) is 86.3 cm³/mol. The highest BCUT2D eigenvalue weighted by Crippen LogP contribution is 2.23. The summed E-state index contributed by atoms with van der Waals surface area (Å²) in [4.78, 5) is 2.18. The Kier molecular flexibility index (Phi) is 4.20. The molecule has 0 bridgehead atoms. The van der Waals surface area contributed by atoms with Crippen LogP contribution >= 0.6 is 12.2 Å². The van der Waals surface area contributed by atoms with E-state index in [-0.39, 0.29) is 10.8 Å². The monoisotopic (exact) mass is 289 g/mol. The molecule has 3 N–H and O–H groups in total. The molecule has 0 aliphatic rings. The lowest BCUT2D eigenvalue weighted by molar-refractivity contribution is 0.628. The quantitative estimate of drug-likeness (QED) is 0.848. The first-order chi connectivity index (χ1) is 9.47. The highest BCUT2D eigenvalue weighted by molar-refractivity contribution is 7.80. The Bertz CT molecular complexity index is 624. The Labute approximate surface area is 123 Å². The molecule has 0 saturated heterocycles. The van der Waals surface area contributed by atoms with Gasteiger partial charge in [-0.1, -0.05) is 12.2 Å². The van der Waals surface area contributed by atoms with E-state index >= 15 is 0 Å². The molecule has 5 heteroatoms. The van der Waals surface area contributed by atoms with Gasteiger partial charge < -0.3 is 16.0 Å². The lowest BCUT2D eigenvalue weighted by atomic mass is 10.1. The van der Waals surface area contributed by atoms with Gasteiger partial charge >= 0.3 is 0 Å². The Morgan fingerprint density at radius 3 is 2.35 bits per heavy atom. The van der Waals surface area contributed by atoms with E-state index in [2.05, 4.69) is 5.32 Å². The Morgan fingerprint density at radius 1 is 1.15 bits per heavy atom. The SMILES string of the molecule is CN(C)c1ccc(Nc2ccc(F)cc2C(N)=S)cc1. The number of nitrogens with zero attached hydrogens (tertiary/aromatic N) is 1. The number of nitrogens with two attached hydrogens (primary N) is 1. The van der Waals surface area contributed by atoms with Crippen LogP contribution in [-0.2, 0) is 0 Å². The standard InChI is InChI=1S/C15H16FN3S/c1-19(2)12-6-4-11(5-7-12)18-14-8-3-10(16)9-13(14)15(17)20/h3-9,18H,1-2H3,(H2,17,20). The second-order valence-electron chi connectivity index (χ2n) is 4.62. The molecule has 0 spiro atoms. The van der Waals surface area contributed by atoms with Gasteiger partial charge in [-0.25, -0.2) is 4.39 Å². The minimum absolute atomic E-state index is 0.164. The summed E-state index contributed by atoms with van der Waals surface area (Å²) in [5.41, 5.74) is 8.80. The van der Waals surface area contributed by atoms with Gasteiger partial charge in [0.1, 0.15) is 10.8 Å². The molecule has 2 rings (SSSR count). The molecule has 2 aromatic rings. The molecular weight excluding hydrogens is 273 g/mol. The van der Waals surface area contributed by atoms with E-state index in [0.29, 0.717) is 11.3 Å². The second-order valence-corrected chi connectivity index (χ2v) is 5.06. The fourth-order valence-corrected chi connectivity index (χ4v) is 2.00. The Hall–Kier alpha value is -2.14. The smallest absolute Gasteiger partial charge is 0.124 e. The number of nitrogens with one attached hydrogen (secondary N) is 1. The number of rotatable bonds is 4. The number of thiocarbonyl (C=S) groups is 1. The topological polar surface area (TPSA) is 41.3 Å². The maximum absolute atomic E-state index is 13.2. The van der Waals surface area contributed by atoms with Gasteiger partial charge in [0.2, 0.25) is 0 Å². The minimum atomic E-state index is -0.360. The molecule has 0 saturated carbocycles. The lowest BCUT2D eigenvalue weighted by Crippen LogP contribution is -2.12. The van der Waals surface area contributed by atoms with Crippen molar-refractivity contribution < 1.29 is 4.39 Å². The van der Waals surface area contributed by atoms with Crippen LogP contribution in [0.15, 0.2) is 42.5 Å². The van der Waals surface area contributed by atoms with Crippen molar-refractivity contribution in [3.8, 4) is 0 Å². The molecule has 0 aliphatic carbocycles. The first-order valence-electron chi connectivity index (χ1n) is 6.11. The summed E-state index contributed by atoms with van der Waals surface area (Å²) in [6, 6.07) is 12.2. The average Bonchev–Trinajstić information content (AvgIpc) is 2.41. The first-order valence-corrected chi connectivity index (χ1v) is 6.52. The fourth-order valence-electron chi connectivity index (χ4n) is 1.83. The van der Waals surface area contributed by atoms with Gasteiger partial charge in [0.05, 0.1) is 0 Å². The van der Waals surface area contributed by atoms with E-state index in [4.69, 9.17) is 18.0 Å². The molecule has 0 fully saturated rings. The highest BCUT2D eigenvalue weighted by atomic mass is 32.1. The number of hydrogen-bond acceptors (Lipinski definition) is 3. The Balaban J connectivity index is 2.28. The third-order valence-corrected chi connectivity index (χ3v) is 3.13. The maximum Gasteiger partial charge on any atom is 0.124 e. The summed E-state index contributed by atoms with van der Waals surface area (Å²) in [5.74, 6) is -0.360. The van der Waals surface area contributed by atoms with Gasteiger partial charge in [0.25, 0.3) is 0 Å². The molecule has 0 amide bonds. The van der Waals surface area contributed by atoms with Crippen molar-refractivity contribution >= 4 is 34.3 Å². The zero-order valence-corrected chi connectivity index (χ0v) is 12.2. The lowest BCUT2D eigenvalue weighted by Gasteiger charge is -2.14. The highest BCUT2D eigenvalue weighted by Gasteiger charge is 2.07. The number of anilines is 3. The largest absolute Gasteiger partial charge is 0.389 e. The van der Waals surface area contributed by atoms with Crippen molar-refractivity contribution in [3.05, 3.63) is 53.8 Å². The molecule has 0 aromatic heterocycles. The van der Waals surface area contributed by atoms with E-state index < -0.39 is 0 Å². The molecule has 3 nitrogen and oxygen atoms in total. The predicted octanol–water partition coefficient (Wildman–Crippen LogP) is 3.27. The molecule has 104 valence electrons. The normalized spacial score (nSPS) is 10.2. The molecule has 0 unspecified atom stereocenters. The van der Waals surface area contributed by atoms with Crippen molar-refractivity contribution in [3.63, 3.8) is 0 Å². The summed E-state index contributed by atoms with van der Waals surface area (Å²) in [6.45, 7) is 0. The van der Waals surface area contributed by atoms with Gasteiger partial charge in [-0.05, 0) is 42.5 Å². The molecule has 2 aromatic carbocycles. The van der Waals surface area contributed by atoms with Crippen LogP contribution in [0, 0.1) is 5.82 Å². The van der Waals surface area contributed by atoms with E-state index in [1.54, 1.807) is 6.07 Å². The summed E-state index contributed by atoms with van der Waals surface area (Å²) >= 11 is 4.94. The third kappa shape index (κ3) is 3.24. The van der Waals surface area contributed by atoms with E-state index in [1.165, 1.54) is 12.1 Å². The van der Waals surface area contributed by atoms with Crippen LogP contribution in [0.4, 0.5) is 21.5 Å². The minimum Gasteiger partial charge on any atom is -0.389 e. The van der Waals surface area contributed by atoms with Crippen LogP contribution in [-0.4, -0.2) is 19.1 Å². The Morgan fingerprint density at radius 2 is 1.80 bits per heavy atom. The van der Waals surface area contributed by atoms with Gasteiger partial charge in [-0.2, -0.15) is 0 Å². The summed E-state index contributed by atoms with van der Waals surface area (Å²) in [7, 11) is 3.96. The van der Waals surface area contributed by atoms with Crippen LogP contribution in [0.25, 0.3) is 0 Å². The molecular formula is C15H16FN3S. The van der Waals surface area contributed by atoms with Crippen molar-refractivity contribution in [1.29, 1.82) is 0 Å². The van der Waals surface area contributed by atoms with Crippen molar-refractivity contribution in [2.45, 2.75) is 0 Å².